The van der Waals surface area contributed by atoms with E-state index in [1.54, 1.807) is 23.5 Å². The summed E-state index contributed by atoms with van der Waals surface area (Å²) >= 11 is 1.80. The molecule has 1 aliphatic rings. The van der Waals surface area contributed by atoms with Crippen molar-refractivity contribution in [3.05, 3.63) is 112 Å². The van der Waals surface area contributed by atoms with Gasteiger partial charge in [0.25, 0.3) is 0 Å². The average molecular weight is 570 g/mol. The molecule has 0 atom stereocenters. The molecule has 0 radical (unpaired) electrons. The predicted octanol–water partition coefficient (Wildman–Crippen LogP) is 6.84. The van der Waals surface area contributed by atoms with Gasteiger partial charge in [-0.05, 0) is 83.6 Å². The second kappa shape index (κ2) is 13.6. The van der Waals surface area contributed by atoms with Crippen LogP contribution in [0.5, 0.6) is 11.5 Å². The minimum Gasteiger partial charge on any atom is -0.489 e. The van der Waals surface area contributed by atoms with Gasteiger partial charge in [0, 0.05) is 29.4 Å². The van der Waals surface area contributed by atoms with Crippen LogP contribution in [-0.4, -0.2) is 55.5 Å². The fourth-order valence-corrected chi connectivity index (χ4v) is 5.72. The van der Waals surface area contributed by atoms with Crippen molar-refractivity contribution in [1.29, 1.82) is 0 Å². The first-order chi connectivity index (χ1) is 19.9. The van der Waals surface area contributed by atoms with E-state index in [-0.39, 0.29) is 6.61 Å². The third-order valence-electron chi connectivity index (χ3n) is 7.03. The standard InChI is InChI=1S/C34H35NO5S/c1-24-21-30(12-13-32(24)40-23-34(36)37)39-18-15-31(28-8-10-29(11-9-28)33-14-3-25(2)41-33)27-6-4-26(5-7-27)22-35-16-19-38-20-17-35/h3-15,21H,16-20,22-23H2,1-2H3,(H,36,37)/b31-15+. The normalized spacial score (nSPS) is 14.1. The Kier molecular flexibility index (Phi) is 9.51. The number of nitrogens with zero attached hydrogens (tertiary/aromatic N) is 1. The number of aliphatic carboxylic acids is 1. The van der Waals surface area contributed by atoms with Crippen molar-refractivity contribution in [2.24, 2.45) is 0 Å². The molecule has 212 valence electrons. The van der Waals surface area contributed by atoms with Crippen molar-refractivity contribution in [3.63, 3.8) is 0 Å². The molecular formula is C34H35NO5S. The second-order valence-electron chi connectivity index (χ2n) is 10.1. The Morgan fingerprint density at radius 2 is 1.63 bits per heavy atom. The minimum absolute atomic E-state index is 0.372. The van der Waals surface area contributed by atoms with Crippen molar-refractivity contribution >= 4 is 22.9 Å². The highest BCUT2D eigenvalue weighted by Crippen LogP contribution is 2.31. The number of carboxylic acid groups (broad SMARTS) is 1. The Hall–Kier alpha value is -3.91. The Labute approximate surface area is 245 Å². The summed E-state index contributed by atoms with van der Waals surface area (Å²) in [5.74, 6) is 0.231. The maximum atomic E-state index is 10.8. The average Bonchev–Trinajstić information content (AvgIpc) is 3.42. The lowest BCUT2D eigenvalue weighted by Crippen LogP contribution is -2.35. The van der Waals surface area contributed by atoms with Crippen LogP contribution in [0.3, 0.4) is 0 Å². The van der Waals surface area contributed by atoms with E-state index in [2.05, 4.69) is 78.6 Å². The zero-order valence-electron chi connectivity index (χ0n) is 23.5. The van der Waals surface area contributed by atoms with Crippen molar-refractivity contribution in [2.75, 3.05) is 39.5 Å². The zero-order chi connectivity index (χ0) is 28.6. The Morgan fingerprint density at radius 3 is 2.27 bits per heavy atom. The number of carboxylic acids is 1. The molecule has 4 aromatic rings. The summed E-state index contributed by atoms with van der Waals surface area (Å²) in [4.78, 5) is 15.8. The monoisotopic (exact) mass is 569 g/mol. The van der Waals surface area contributed by atoms with Crippen molar-refractivity contribution in [1.82, 2.24) is 4.90 Å². The first-order valence-electron chi connectivity index (χ1n) is 13.8. The number of aryl methyl sites for hydroxylation is 2. The molecule has 6 nitrogen and oxygen atoms in total. The van der Waals surface area contributed by atoms with Gasteiger partial charge in [-0.1, -0.05) is 48.5 Å². The van der Waals surface area contributed by atoms with Gasteiger partial charge < -0.3 is 19.3 Å². The van der Waals surface area contributed by atoms with Crippen LogP contribution in [-0.2, 0) is 16.1 Å². The van der Waals surface area contributed by atoms with E-state index in [1.807, 2.05) is 13.0 Å². The molecule has 0 amide bonds. The second-order valence-corrected chi connectivity index (χ2v) is 11.4. The van der Waals surface area contributed by atoms with Crippen molar-refractivity contribution < 1.29 is 24.1 Å². The third-order valence-corrected chi connectivity index (χ3v) is 8.08. The number of thiophene rings is 1. The lowest BCUT2D eigenvalue weighted by molar-refractivity contribution is -0.139. The first-order valence-corrected chi connectivity index (χ1v) is 14.6. The molecule has 1 N–H and O–H groups in total. The quantitative estimate of drug-likeness (QED) is 0.213. The van der Waals surface area contributed by atoms with Crippen LogP contribution in [0.1, 0.15) is 27.1 Å². The molecule has 0 bridgehead atoms. The van der Waals surface area contributed by atoms with Gasteiger partial charge in [0.15, 0.2) is 6.61 Å². The molecule has 1 saturated heterocycles. The van der Waals surface area contributed by atoms with Crippen LogP contribution < -0.4 is 9.47 Å². The van der Waals surface area contributed by atoms with Crippen LogP contribution in [0.15, 0.2) is 84.9 Å². The van der Waals surface area contributed by atoms with Gasteiger partial charge in [-0.15, -0.1) is 11.3 Å². The highest BCUT2D eigenvalue weighted by atomic mass is 32.1. The molecule has 3 aromatic carbocycles. The number of hydrogen-bond donors (Lipinski definition) is 1. The van der Waals surface area contributed by atoms with Gasteiger partial charge in [-0.25, -0.2) is 4.79 Å². The summed E-state index contributed by atoms with van der Waals surface area (Å²) in [5.41, 5.74) is 6.69. The van der Waals surface area contributed by atoms with Crippen LogP contribution in [0, 0.1) is 13.8 Å². The minimum atomic E-state index is -1.00. The summed E-state index contributed by atoms with van der Waals surface area (Å²) in [6.07, 6.45) is 2.12. The fourth-order valence-electron chi connectivity index (χ4n) is 4.85. The molecule has 0 spiro atoms. The van der Waals surface area contributed by atoms with Gasteiger partial charge in [-0.2, -0.15) is 0 Å². The van der Waals surface area contributed by atoms with Gasteiger partial charge in [-0.3, -0.25) is 4.90 Å². The molecule has 0 aliphatic carbocycles. The van der Waals surface area contributed by atoms with Crippen molar-refractivity contribution in [3.8, 4) is 21.9 Å². The molecule has 1 aliphatic heterocycles. The van der Waals surface area contributed by atoms with Crippen LogP contribution in [0.4, 0.5) is 0 Å². The van der Waals surface area contributed by atoms with Crippen molar-refractivity contribution in [2.45, 2.75) is 20.4 Å². The molecule has 0 unspecified atom stereocenters. The molecule has 41 heavy (non-hydrogen) atoms. The number of benzene rings is 3. The van der Waals surface area contributed by atoms with E-state index < -0.39 is 5.97 Å². The topological polar surface area (TPSA) is 68.2 Å². The molecule has 7 heteroatoms. The maximum Gasteiger partial charge on any atom is 0.341 e. The lowest BCUT2D eigenvalue weighted by atomic mass is 9.95. The van der Waals surface area contributed by atoms with E-state index in [0.29, 0.717) is 18.1 Å². The van der Waals surface area contributed by atoms with E-state index in [4.69, 9.17) is 19.3 Å². The van der Waals surface area contributed by atoms with Gasteiger partial charge >= 0.3 is 5.97 Å². The van der Waals surface area contributed by atoms with E-state index in [9.17, 15) is 4.79 Å². The number of carbonyl (C=O) groups is 1. The summed E-state index contributed by atoms with van der Waals surface area (Å²) in [6.45, 7) is 8.46. The number of rotatable bonds is 11. The summed E-state index contributed by atoms with van der Waals surface area (Å²) in [6, 6.07) is 27.3. The van der Waals surface area contributed by atoms with Gasteiger partial charge in [0.05, 0.1) is 13.2 Å². The van der Waals surface area contributed by atoms with E-state index in [1.165, 1.54) is 20.9 Å². The Balaban J connectivity index is 1.35. The molecule has 1 fully saturated rings. The molecule has 1 aromatic heterocycles. The van der Waals surface area contributed by atoms with Gasteiger partial charge in [0.2, 0.25) is 0 Å². The first kappa shape index (κ1) is 28.6. The fraction of sp³-hybridized carbons (Fsp3) is 0.265. The highest BCUT2D eigenvalue weighted by molar-refractivity contribution is 7.15. The predicted molar refractivity (Wildman–Crippen MR) is 164 cm³/mol. The maximum absolute atomic E-state index is 10.8. The third kappa shape index (κ3) is 7.85. The van der Waals surface area contributed by atoms with Crippen LogP contribution in [0.25, 0.3) is 16.0 Å². The summed E-state index contributed by atoms with van der Waals surface area (Å²) < 4.78 is 16.9. The molecule has 2 heterocycles. The van der Waals surface area contributed by atoms with Gasteiger partial charge in [0.1, 0.15) is 18.1 Å². The summed E-state index contributed by atoms with van der Waals surface area (Å²) in [5, 5.41) is 8.88. The lowest BCUT2D eigenvalue weighted by Gasteiger charge is -2.26. The molecule has 5 rings (SSSR count). The molecule has 0 saturated carbocycles. The van der Waals surface area contributed by atoms with Crippen LogP contribution in [0.2, 0.25) is 0 Å². The summed E-state index contributed by atoms with van der Waals surface area (Å²) in [7, 11) is 0. The largest absolute Gasteiger partial charge is 0.489 e. The van der Waals surface area contributed by atoms with E-state index >= 15 is 0 Å². The number of ether oxygens (including phenoxy) is 3. The smallest absolute Gasteiger partial charge is 0.341 e. The SMILES string of the molecule is Cc1ccc(-c2ccc(/C(=C/COc3ccc(OCC(=O)O)c(C)c3)c3ccc(CN4CCOCC4)cc3)cc2)s1. The number of hydrogen-bond acceptors (Lipinski definition) is 6. The molecular weight excluding hydrogens is 534 g/mol. The number of morpholine rings is 1. The Bertz CT molecular complexity index is 1480. The van der Waals surface area contributed by atoms with E-state index in [0.717, 1.165) is 55.1 Å². The highest BCUT2D eigenvalue weighted by Gasteiger charge is 2.12. The zero-order valence-corrected chi connectivity index (χ0v) is 24.3. The van der Waals surface area contributed by atoms with Crippen LogP contribution >= 0.6 is 11.3 Å². The Morgan fingerprint density at radius 1 is 0.927 bits per heavy atom.